The normalized spacial score (nSPS) is 12.4. The molecule has 1 nitrogen and oxygen atoms in total. The van der Waals surface area contributed by atoms with Gasteiger partial charge in [0.05, 0.1) is 0 Å². The topological polar surface area (TPSA) is 12.0 Å². The molecular formula is C13H29N. The van der Waals surface area contributed by atoms with Gasteiger partial charge in [-0.1, -0.05) is 34.6 Å². The molecule has 0 aromatic rings. The molecule has 0 saturated carbocycles. The van der Waals surface area contributed by atoms with E-state index >= 15 is 0 Å². The van der Waals surface area contributed by atoms with E-state index in [4.69, 9.17) is 0 Å². The van der Waals surface area contributed by atoms with E-state index in [9.17, 15) is 0 Å². The third-order valence-corrected chi connectivity index (χ3v) is 3.49. The van der Waals surface area contributed by atoms with Crippen molar-refractivity contribution >= 4 is 0 Å². The predicted octanol–water partition coefficient (Wildman–Crippen LogP) is 3.98. The van der Waals surface area contributed by atoms with Crippen LogP contribution in [0, 0.1) is 5.92 Å². The number of rotatable bonds is 8. The van der Waals surface area contributed by atoms with Crippen LogP contribution in [0.4, 0.5) is 0 Å². The van der Waals surface area contributed by atoms with Gasteiger partial charge in [0.25, 0.3) is 0 Å². The lowest BCUT2D eigenvalue weighted by atomic mass is 9.89. The van der Waals surface area contributed by atoms with Crippen molar-refractivity contribution < 1.29 is 0 Å². The summed E-state index contributed by atoms with van der Waals surface area (Å²) in [6.07, 6.45) is 6.42. The van der Waals surface area contributed by atoms with Crippen LogP contribution < -0.4 is 5.32 Å². The Morgan fingerprint density at radius 1 is 1.00 bits per heavy atom. The van der Waals surface area contributed by atoms with Gasteiger partial charge in [-0.05, 0) is 44.6 Å². The van der Waals surface area contributed by atoms with E-state index in [1.165, 1.54) is 38.6 Å². The molecule has 1 N–H and O–H groups in total. The van der Waals surface area contributed by atoms with Crippen molar-refractivity contribution in [3.8, 4) is 0 Å². The van der Waals surface area contributed by atoms with Crippen LogP contribution in [0.2, 0.25) is 0 Å². The summed E-state index contributed by atoms with van der Waals surface area (Å²) in [5.74, 6) is 0.844. The van der Waals surface area contributed by atoms with Gasteiger partial charge in [-0.25, -0.2) is 0 Å². The molecule has 86 valence electrons. The standard InChI is InChI=1S/C13H29N/c1-6-13(7-2,8-3)14-11-9-10-12(4)5/h12,14H,6-11H2,1-5H3. The summed E-state index contributed by atoms with van der Waals surface area (Å²) in [6.45, 7) is 12.7. The minimum absolute atomic E-state index is 0.414. The lowest BCUT2D eigenvalue weighted by Gasteiger charge is -2.32. The summed E-state index contributed by atoms with van der Waals surface area (Å²) in [4.78, 5) is 0. The molecule has 1 heteroatoms. The maximum atomic E-state index is 3.74. The van der Waals surface area contributed by atoms with Gasteiger partial charge in [0.15, 0.2) is 0 Å². The number of hydrogen-bond acceptors (Lipinski definition) is 1. The zero-order valence-electron chi connectivity index (χ0n) is 10.8. The van der Waals surface area contributed by atoms with Crippen molar-refractivity contribution in [3.63, 3.8) is 0 Å². The smallest absolute Gasteiger partial charge is 0.0173 e. The third-order valence-electron chi connectivity index (χ3n) is 3.49. The second-order valence-electron chi connectivity index (χ2n) is 4.80. The molecule has 0 radical (unpaired) electrons. The first-order valence-electron chi connectivity index (χ1n) is 6.35. The fourth-order valence-electron chi connectivity index (χ4n) is 1.99. The van der Waals surface area contributed by atoms with Gasteiger partial charge in [0.1, 0.15) is 0 Å². The molecule has 0 aromatic heterocycles. The molecule has 0 aromatic carbocycles. The highest BCUT2D eigenvalue weighted by atomic mass is 15.0. The van der Waals surface area contributed by atoms with E-state index in [2.05, 4.69) is 39.9 Å². The van der Waals surface area contributed by atoms with E-state index in [0.717, 1.165) is 5.92 Å². The fourth-order valence-corrected chi connectivity index (χ4v) is 1.99. The van der Waals surface area contributed by atoms with Crippen LogP contribution in [-0.4, -0.2) is 12.1 Å². The summed E-state index contributed by atoms with van der Waals surface area (Å²) in [5, 5.41) is 3.74. The molecule has 0 spiro atoms. The minimum Gasteiger partial charge on any atom is -0.311 e. The maximum absolute atomic E-state index is 3.74. The summed E-state index contributed by atoms with van der Waals surface area (Å²) < 4.78 is 0. The largest absolute Gasteiger partial charge is 0.311 e. The van der Waals surface area contributed by atoms with Crippen LogP contribution in [0.25, 0.3) is 0 Å². The van der Waals surface area contributed by atoms with E-state index in [1.54, 1.807) is 0 Å². The average Bonchev–Trinajstić information content (AvgIpc) is 2.19. The SMILES string of the molecule is CCC(CC)(CC)NCCCC(C)C. The first-order chi connectivity index (χ1) is 6.60. The Balaban J connectivity index is 3.71. The van der Waals surface area contributed by atoms with E-state index in [-0.39, 0.29) is 0 Å². The third kappa shape index (κ3) is 4.99. The second kappa shape index (κ2) is 7.28. The van der Waals surface area contributed by atoms with Crippen molar-refractivity contribution in [2.24, 2.45) is 5.92 Å². The number of nitrogens with one attached hydrogen (secondary N) is 1. The van der Waals surface area contributed by atoms with Gasteiger partial charge in [-0.2, -0.15) is 0 Å². The summed E-state index contributed by atoms with van der Waals surface area (Å²) in [7, 11) is 0. The predicted molar refractivity (Wildman–Crippen MR) is 65.7 cm³/mol. The molecule has 0 atom stereocenters. The van der Waals surface area contributed by atoms with Crippen molar-refractivity contribution in [2.45, 2.75) is 72.3 Å². The summed E-state index contributed by atoms with van der Waals surface area (Å²) in [6, 6.07) is 0. The molecule has 0 unspecified atom stereocenters. The Morgan fingerprint density at radius 3 is 1.86 bits per heavy atom. The molecule has 0 rings (SSSR count). The molecule has 0 bridgehead atoms. The fraction of sp³-hybridized carbons (Fsp3) is 1.00. The maximum Gasteiger partial charge on any atom is 0.0173 e. The van der Waals surface area contributed by atoms with Crippen LogP contribution in [0.5, 0.6) is 0 Å². The van der Waals surface area contributed by atoms with Gasteiger partial charge in [-0.3, -0.25) is 0 Å². The van der Waals surface area contributed by atoms with E-state index < -0.39 is 0 Å². The zero-order valence-corrected chi connectivity index (χ0v) is 10.8. The highest BCUT2D eigenvalue weighted by molar-refractivity contribution is 4.83. The minimum atomic E-state index is 0.414. The number of hydrogen-bond donors (Lipinski definition) is 1. The molecule has 0 fully saturated rings. The molecule has 0 heterocycles. The molecule has 0 saturated heterocycles. The van der Waals surface area contributed by atoms with E-state index in [1.807, 2.05) is 0 Å². The average molecular weight is 199 g/mol. The van der Waals surface area contributed by atoms with Gasteiger partial charge < -0.3 is 5.32 Å². The van der Waals surface area contributed by atoms with Gasteiger partial charge in [0.2, 0.25) is 0 Å². The first kappa shape index (κ1) is 14.0. The van der Waals surface area contributed by atoms with Gasteiger partial charge in [-0.15, -0.1) is 0 Å². The lowest BCUT2D eigenvalue weighted by Crippen LogP contribution is -2.44. The van der Waals surface area contributed by atoms with Crippen molar-refractivity contribution in [1.82, 2.24) is 5.32 Å². The van der Waals surface area contributed by atoms with Crippen molar-refractivity contribution in [3.05, 3.63) is 0 Å². The van der Waals surface area contributed by atoms with Crippen LogP contribution in [0.1, 0.15) is 66.7 Å². The highest BCUT2D eigenvalue weighted by Gasteiger charge is 2.21. The Bertz CT molecular complexity index is 117. The lowest BCUT2D eigenvalue weighted by molar-refractivity contribution is 0.286. The van der Waals surface area contributed by atoms with E-state index in [0.29, 0.717) is 5.54 Å². The molecular weight excluding hydrogens is 170 g/mol. The van der Waals surface area contributed by atoms with Gasteiger partial charge in [0, 0.05) is 5.54 Å². The first-order valence-corrected chi connectivity index (χ1v) is 6.35. The zero-order chi connectivity index (χ0) is 11.0. The second-order valence-corrected chi connectivity index (χ2v) is 4.80. The molecule has 14 heavy (non-hydrogen) atoms. The van der Waals surface area contributed by atoms with Crippen LogP contribution in [0.15, 0.2) is 0 Å². The summed E-state index contributed by atoms with van der Waals surface area (Å²) >= 11 is 0. The Morgan fingerprint density at radius 2 is 1.50 bits per heavy atom. The summed E-state index contributed by atoms with van der Waals surface area (Å²) in [5.41, 5.74) is 0.414. The molecule has 0 aliphatic heterocycles. The Hall–Kier alpha value is -0.0400. The molecule has 0 aliphatic carbocycles. The Kier molecular flexibility index (Phi) is 7.26. The van der Waals surface area contributed by atoms with Gasteiger partial charge >= 0.3 is 0 Å². The van der Waals surface area contributed by atoms with Crippen LogP contribution >= 0.6 is 0 Å². The van der Waals surface area contributed by atoms with Crippen molar-refractivity contribution in [2.75, 3.05) is 6.54 Å². The monoisotopic (exact) mass is 199 g/mol. The quantitative estimate of drug-likeness (QED) is 0.583. The van der Waals surface area contributed by atoms with Crippen molar-refractivity contribution in [1.29, 1.82) is 0 Å². The highest BCUT2D eigenvalue weighted by Crippen LogP contribution is 2.19. The van der Waals surface area contributed by atoms with Crippen LogP contribution in [0.3, 0.4) is 0 Å². The molecule has 0 amide bonds. The molecule has 0 aliphatic rings. The van der Waals surface area contributed by atoms with Crippen LogP contribution in [-0.2, 0) is 0 Å². The Labute approximate surface area is 90.7 Å².